The van der Waals surface area contributed by atoms with Crippen LogP contribution in [0.5, 0.6) is 0 Å². The van der Waals surface area contributed by atoms with E-state index in [0.717, 1.165) is 17.7 Å². The highest BCUT2D eigenvalue weighted by molar-refractivity contribution is 6.36. The van der Waals surface area contributed by atoms with Crippen molar-refractivity contribution in [3.63, 3.8) is 0 Å². The van der Waals surface area contributed by atoms with Crippen molar-refractivity contribution in [3.05, 3.63) is 99.0 Å². The molecule has 3 aromatic carbocycles. The lowest BCUT2D eigenvalue weighted by Crippen LogP contribution is -2.53. The van der Waals surface area contributed by atoms with Crippen LogP contribution < -0.4 is 10.2 Å². The van der Waals surface area contributed by atoms with E-state index < -0.39 is 0 Å². The number of nitrogens with zero attached hydrogens (tertiary/aromatic N) is 2. The number of hydrogen-bond donors (Lipinski definition) is 1. The summed E-state index contributed by atoms with van der Waals surface area (Å²) in [5.41, 5.74) is 3.27. The summed E-state index contributed by atoms with van der Waals surface area (Å²) in [7, 11) is 0. The van der Waals surface area contributed by atoms with Crippen molar-refractivity contribution in [2.45, 2.75) is 24.4 Å². The molecule has 1 aliphatic heterocycles. The lowest BCUT2D eigenvalue weighted by atomic mass is 10.0. The van der Waals surface area contributed by atoms with Crippen LogP contribution in [-0.2, 0) is 0 Å². The van der Waals surface area contributed by atoms with Crippen LogP contribution >= 0.6 is 34.8 Å². The van der Waals surface area contributed by atoms with Crippen molar-refractivity contribution in [1.82, 2.24) is 10.2 Å². The number of hydrogen-bond acceptors (Lipinski definition) is 2. The summed E-state index contributed by atoms with van der Waals surface area (Å²) >= 11 is 18.8. The molecule has 0 spiro atoms. The number of urea groups is 1. The Morgan fingerprint density at radius 2 is 1.58 bits per heavy atom. The molecule has 2 fully saturated rings. The fourth-order valence-corrected chi connectivity index (χ4v) is 5.26. The number of rotatable bonds is 4. The Kier molecular flexibility index (Phi) is 6.42. The first-order valence-corrected chi connectivity index (χ1v) is 12.2. The second-order valence-corrected chi connectivity index (χ2v) is 9.89. The monoisotopic (exact) mass is 499 g/mol. The van der Waals surface area contributed by atoms with Crippen LogP contribution in [0.3, 0.4) is 0 Å². The second-order valence-electron chi connectivity index (χ2n) is 8.61. The molecule has 1 aliphatic carbocycles. The first-order chi connectivity index (χ1) is 16.0. The summed E-state index contributed by atoms with van der Waals surface area (Å²) in [6, 6.07) is 23.8. The maximum absolute atomic E-state index is 13.1. The Morgan fingerprint density at radius 1 is 0.848 bits per heavy atom. The molecule has 1 N–H and O–H groups in total. The highest BCUT2D eigenvalue weighted by atomic mass is 35.5. The Morgan fingerprint density at radius 3 is 2.30 bits per heavy atom. The third kappa shape index (κ3) is 4.93. The van der Waals surface area contributed by atoms with Crippen molar-refractivity contribution >= 4 is 46.5 Å². The topological polar surface area (TPSA) is 35.6 Å². The highest BCUT2D eigenvalue weighted by Gasteiger charge is 2.41. The smallest absolute Gasteiger partial charge is 0.317 e. The number of carbonyl (C=O) groups excluding carboxylic acids is 1. The SMILES string of the molecule is O=C(N[C@@H]1C[C@H]1c1ccccc1)N1CCN(c2ccc(Cl)cc2Cl)C(c2ccc(Cl)cc2)C1. The molecule has 2 amide bonds. The van der Waals surface area contributed by atoms with Gasteiger partial charge in [0, 0.05) is 41.6 Å². The number of piperazine rings is 1. The molecular weight excluding hydrogens is 477 g/mol. The van der Waals surface area contributed by atoms with E-state index in [1.54, 1.807) is 6.07 Å². The van der Waals surface area contributed by atoms with Gasteiger partial charge in [0.2, 0.25) is 0 Å². The van der Waals surface area contributed by atoms with E-state index in [9.17, 15) is 4.79 Å². The summed E-state index contributed by atoms with van der Waals surface area (Å²) in [6.07, 6.45) is 0.983. The number of carbonyl (C=O) groups is 1. The van der Waals surface area contributed by atoms with E-state index in [-0.39, 0.29) is 18.1 Å². The van der Waals surface area contributed by atoms with Gasteiger partial charge in [0.25, 0.3) is 0 Å². The van der Waals surface area contributed by atoms with E-state index in [0.29, 0.717) is 40.6 Å². The molecule has 33 heavy (non-hydrogen) atoms. The zero-order chi connectivity index (χ0) is 22.9. The number of nitrogens with one attached hydrogen (secondary N) is 1. The van der Waals surface area contributed by atoms with E-state index in [2.05, 4.69) is 22.3 Å². The third-order valence-corrected chi connectivity index (χ3v) is 7.26. The zero-order valence-electron chi connectivity index (χ0n) is 17.9. The Hall–Kier alpha value is -2.40. The molecule has 5 rings (SSSR count). The lowest BCUT2D eigenvalue weighted by molar-refractivity contribution is 0.184. The highest BCUT2D eigenvalue weighted by Crippen LogP contribution is 2.41. The summed E-state index contributed by atoms with van der Waals surface area (Å²) in [6.45, 7) is 1.82. The summed E-state index contributed by atoms with van der Waals surface area (Å²) in [4.78, 5) is 17.3. The quantitative estimate of drug-likeness (QED) is 0.429. The molecular formula is C26H24Cl3N3O. The van der Waals surface area contributed by atoms with E-state index in [4.69, 9.17) is 34.8 Å². The molecule has 2 aliphatic rings. The van der Waals surface area contributed by atoms with Crippen LogP contribution in [0, 0.1) is 0 Å². The van der Waals surface area contributed by atoms with E-state index in [1.807, 2.05) is 59.5 Å². The zero-order valence-corrected chi connectivity index (χ0v) is 20.2. The van der Waals surface area contributed by atoms with Crippen LogP contribution in [0.1, 0.15) is 29.5 Å². The second kappa shape index (κ2) is 9.46. The van der Waals surface area contributed by atoms with E-state index in [1.165, 1.54) is 5.56 Å². The van der Waals surface area contributed by atoms with Crippen molar-refractivity contribution in [2.24, 2.45) is 0 Å². The molecule has 7 heteroatoms. The standard InChI is InChI=1S/C26H24Cl3N3O/c27-19-8-6-18(7-9-19)25-16-31(12-13-32(25)24-11-10-20(28)14-22(24)29)26(33)30-23-15-21(23)17-4-2-1-3-5-17/h1-11,14,21,23,25H,12-13,15-16H2,(H,30,33)/t21-,23+,25?/m0/s1. The van der Waals surface area contributed by atoms with Gasteiger partial charge in [-0.2, -0.15) is 0 Å². The van der Waals surface area contributed by atoms with Gasteiger partial charge in [0.1, 0.15) is 0 Å². The van der Waals surface area contributed by atoms with Gasteiger partial charge < -0.3 is 15.1 Å². The molecule has 0 bridgehead atoms. The van der Waals surface area contributed by atoms with Gasteiger partial charge in [-0.1, -0.05) is 77.3 Å². The van der Waals surface area contributed by atoms with Crippen molar-refractivity contribution in [3.8, 4) is 0 Å². The first kappa shape index (κ1) is 22.4. The maximum Gasteiger partial charge on any atom is 0.317 e. The minimum atomic E-state index is -0.0513. The molecule has 3 aromatic rings. The van der Waals surface area contributed by atoms with Crippen LogP contribution in [0.2, 0.25) is 15.1 Å². The predicted molar refractivity (Wildman–Crippen MR) is 136 cm³/mol. The molecule has 0 aromatic heterocycles. The molecule has 3 atom stereocenters. The Labute approximate surface area is 209 Å². The van der Waals surface area contributed by atoms with Crippen molar-refractivity contribution < 1.29 is 4.79 Å². The summed E-state index contributed by atoms with van der Waals surface area (Å²) in [5.74, 6) is 0.399. The van der Waals surface area contributed by atoms with E-state index >= 15 is 0 Å². The maximum atomic E-state index is 13.1. The number of halogens is 3. The molecule has 1 heterocycles. The Bertz CT molecular complexity index is 1140. The lowest BCUT2D eigenvalue weighted by Gasteiger charge is -2.43. The fraction of sp³-hybridized carbons (Fsp3) is 0.269. The fourth-order valence-electron chi connectivity index (χ4n) is 4.61. The average molecular weight is 501 g/mol. The first-order valence-electron chi connectivity index (χ1n) is 11.1. The Balaban J connectivity index is 1.33. The van der Waals surface area contributed by atoms with Crippen molar-refractivity contribution in [2.75, 3.05) is 24.5 Å². The van der Waals surface area contributed by atoms with Crippen LogP contribution in [-0.4, -0.2) is 36.6 Å². The van der Waals surface area contributed by atoms with Crippen LogP contribution in [0.25, 0.3) is 0 Å². The van der Waals surface area contributed by atoms with Gasteiger partial charge in [-0.15, -0.1) is 0 Å². The predicted octanol–water partition coefficient (Wildman–Crippen LogP) is 6.78. The molecule has 1 unspecified atom stereocenters. The van der Waals surface area contributed by atoms with Gasteiger partial charge >= 0.3 is 6.03 Å². The molecule has 170 valence electrons. The molecule has 1 saturated carbocycles. The van der Waals surface area contributed by atoms with Gasteiger partial charge in [-0.05, 0) is 47.9 Å². The molecule has 0 radical (unpaired) electrons. The molecule has 4 nitrogen and oxygen atoms in total. The van der Waals surface area contributed by atoms with Crippen LogP contribution in [0.4, 0.5) is 10.5 Å². The minimum absolute atomic E-state index is 0.0146. The van der Waals surface area contributed by atoms with Gasteiger partial charge in [-0.3, -0.25) is 0 Å². The van der Waals surface area contributed by atoms with Crippen LogP contribution in [0.15, 0.2) is 72.8 Å². The number of anilines is 1. The number of amides is 2. The summed E-state index contributed by atoms with van der Waals surface area (Å²) in [5, 5.41) is 5.11. The average Bonchev–Trinajstić information content (AvgIpc) is 3.59. The largest absolute Gasteiger partial charge is 0.360 e. The normalized spacial score (nSPS) is 22.2. The number of benzene rings is 3. The van der Waals surface area contributed by atoms with Gasteiger partial charge in [0.15, 0.2) is 0 Å². The minimum Gasteiger partial charge on any atom is -0.360 e. The third-order valence-electron chi connectivity index (χ3n) is 6.47. The summed E-state index contributed by atoms with van der Waals surface area (Å²) < 4.78 is 0. The van der Waals surface area contributed by atoms with Gasteiger partial charge in [-0.25, -0.2) is 4.79 Å². The van der Waals surface area contributed by atoms with Crippen molar-refractivity contribution in [1.29, 1.82) is 0 Å². The molecule has 1 saturated heterocycles. The van der Waals surface area contributed by atoms with Gasteiger partial charge in [0.05, 0.1) is 16.8 Å².